The van der Waals surface area contributed by atoms with Gasteiger partial charge in [0.25, 0.3) is 0 Å². The van der Waals surface area contributed by atoms with Gasteiger partial charge in [0.1, 0.15) is 6.73 Å². The summed E-state index contributed by atoms with van der Waals surface area (Å²) >= 11 is 1.47. The molecule has 0 radical (unpaired) electrons. The molecule has 6 nitrogen and oxygen atoms in total. The molecule has 2 rings (SSSR count). The molecule has 0 fully saturated rings. The molecule has 22 heavy (non-hydrogen) atoms. The highest BCUT2D eigenvalue weighted by Gasteiger charge is 2.12. The van der Waals surface area contributed by atoms with Crippen LogP contribution in [-0.2, 0) is 11.5 Å². The zero-order valence-electron chi connectivity index (χ0n) is 13.4. The molecule has 0 aliphatic carbocycles. The first-order chi connectivity index (χ1) is 10.5. The quantitative estimate of drug-likeness (QED) is 0.318. The number of ether oxygens (including phenoxy) is 2. The van der Waals surface area contributed by atoms with Gasteiger partial charge in [0.05, 0.1) is 12.4 Å². The van der Waals surface area contributed by atoms with E-state index in [0.717, 1.165) is 12.7 Å². The molecule has 0 bridgehead atoms. The summed E-state index contributed by atoms with van der Waals surface area (Å²) in [4.78, 5) is 8.37. The highest BCUT2D eigenvalue weighted by atomic mass is 32.2. The first kappa shape index (κ1) is 17.0. The molecular weight excluding hydrogens is 316 g/mol. The van der Waals surface area contributed by atoms with E-state index in [0.29, 0.717) is 23.5 Å². The van der Waals surface area contributed by atoms with Gasteiger partial charge in [0.2, 0.25) is 5.88 Å². The van der Waals surface area contributed by atoms with Crippen LogP contribution in [0.15, 0.2) is 29.8 Å². The minimum atomic E-state index is -1.05. The van der Waals surface area contributed by atoms with Crippen molar-refractivity contribution in [1.82, 2.24) is 19.7 Å². The second-order valence-corrected chi connectivity index (χ2v) is 12.4. The molecule has 0 aliphatic rings. The van der Waals surface area contributed by atoms with Gasteiger partial charge < -0.3 is 9.47 Å². The van der Waals surface area contributed by atoms with Crippen LogP contribution in [0.5, 0.6) is 11.6 Å². The van der Waals surface area contributed by atoms with E-state index in [1.807, 2.05) is 6.26 Å². The standard InChI is InChI=1S/C14H22N4O2SSi/c1-21-14-15-6-5-13(17-14)20-12-9-16-18(10-12)11-19-7-8-22(2,3)4/h5-6,9-10H,7-8,11H2,1-4H3. The van der Waals surface area contributed by atoms with Gasteiger partial charge in [0.15, 0.2) is 10.9 Å². The summed E-state index contributed by atoms with van der Waals surface area (Å²) in [5, 5.41) is 4.90. The SMILES string of the molecule is CSc1nccc(Oc2cnn(COCC[Si](C)(C)C)c2)n1. The zero-order valence-corrected chi connectivity index (χ0v) is 15.3. The molecule has 2 aromatic heterocycles. The molecule has 0 N–H and O–H groups in total. The van der Waals surface area contributed by atoms with E-state index in [9.17, 15) is 0 Å². The lowest BCUT2D eigenvalue weighted by atomic mass is 10.6. The second-order valence-electron chi connectivity index (χ2n) is 6.05. The zero-order chi connectivity index (χ0) is 16.0. The van der Waals surface area contributed by atoms with Crippen LogP contribution in [0.2, 0.25) is 25.7 Å². The Morgan fingerprint density at radius 3 is 2.86 bits per heavy atom. The van der Waals surface area contributed by atoms with Crippen molar-refractivity contribution in [2.75, 3.05) is 12.9 Å². The molecule has 0 saturated carbocycles. The number of hydrogen-bond acceptors (Lipinski definition) is 6. The molecule has 0 saturated heterocycles. The molecule has 120 valence electrons. The highest BCUT2D eigenvalue weighted by Crippen LogP contribution is 2.20. The lowest BCUT2D eigenvalue weighted by molar-refractivity contribution is 0.0784. The lowest BCUT2D eigenvalue weighted by Gasteiger charge is -2.15. The summed E-state index contributed by atoms with van der Waals surface area (Å²) in [6.07, 6.45) is 7.06. The third kappa shape index (κ3) is 5.78. The van der Waals surface area contributed by atoms with E-state index in [4.69, 9.17) is 9.47 Å². The summed E-state index contributed by atoms with van der Waals surface area (Å²) in [5.74, 6) is 1.15. The Morgan fingerprint density at radius 1 is 1.32 bits per heavy atom. The van der Waals surface area contributed by atoms with Crippen molar-refractivity contribution in [3.63, 3.8) is 0 Å². The Hall–Kier alpha value is -1.38. The highest BCUT2D eigenvalue weighted by molar-refractivity contribution is 7.98. The van der Waals surface area contributed by atoms with Gasteiger partial charge in [-0.05, 0) is 12.3 Å². The average Bonchev–Trinajstić information content (AvgIpc) is 2.90. The molecule has 0 unspecified atom stereocenters. The Labute approximate surface area is 136 Å². The van der Waals surface area contributed by atoms with Gasteiger partial charge in [-0.1, -0.05) is 31.4 Å². The van der Waals surface area contributed by atoms with Crippen LogP contribution in [-0.4, -0.2) is 40.7 Å². The van der Waals surface area contributed by atoms with Gasteiger partial charge in [-0.25, -0.2) is 9.67 Å². The van der Waals surface area contributed by atoms with Crippen molar-refractivity contribution >= 4 is 19.8 Å². The first-order valence-electron chi connectivity index (χ1n) is 7.11. The maximum Gasteiger partial charge on any atom is 0.223 e. The first-order valence-corrected chi connectivity index (χ1v) is 12.0. The average molecular weight is 339 g/mol. The van der Waals surface area contributed by atoms with Crippen molar-refractivity contribution in [2.45, 2.75) is 37.6 Å². The van der Waals surface area contributed by atoms with Crippen LogP contribution in [0.4, 0.5) is 0 Å². The van der Waals surface area contributed by atoms with Crippen LogP contribution in [0.3, 0.4) is 0 Å². The molecule has 2 aromatic rings. The molecule has 0 spiro atoms. The van der Waals surface area contributed by atoms with E-state index in [1.54, 1.807) is 29.3 Å². The summed E-state index contributed by atoms with van der Waals surface area (Å²) in [6.45, 7) is 8.21. The fraction of sp³-hybridized carbons (Fsp3) is 0.500. The minimum absolute atomic E-state index is 0.438. The molecule has 8 heteroatoms. The summed E-state index contributed by atoms with van der Waals surface area (Å²) in [5.41, 5.74) is 0. The van der Waals surface area contributed by atoms with Gasteiger partial charge in [-0.2, -0.15) is 10.1 Å². The van der Waals surface area contributed by atoms with Gasteiger partial charge in [0, 0.05) is 26.9 Å². The van der Waals surface area contributed by atoms with Crippen molar-refractivity contribution in [3.8, 4) is 11.6 Å². The number of hydrogen-bond donors (Lipinski definition) is 0. The fourth-order valence-electron chi connectivity index (χ4n) is 1.61. The fourth-order valence-corrected chi connectivity index (χ4v) is 2.71. The largest absolute Gasteiger partial charge is 0.436 e. The van der Waals surface area contributed by atoms with Gasteiger partial charge in [-0.3, -0.25) is 0 Å². The van der Waals surface area contributed by atoms with E-state index >= 15 is 0 Å². The van der Waals surface area contributed by atoms with Gasteiger partial charge in [-0.15, -0.1) is 0 Å². The number of nitrogens with zero attached hydrogens (tertiary/aromatic N) is 4. The minimum Gasteiger partial charge on any atom is -0.436 e. The summed E-state index contributed by atoms with van der Waals surface area (Å²) in [7, 11) is -1.05. The Bertz CT molecular complexity index is 601. The van der Waals surface area contributed by atoms with Gasteiger partial charge >= 0.3 is 0 Å². The third-order valence-electron chi connectivity index (χ3n) is 2.84. The monoisotopic (exact) mass is 338 g/mol. The van der Waals surface area contributed by atoms with E-state index in [-0.39, 0.29) is 0 Å². The van der Waals surface area contributed by atoms with Crippen LogP contribution < -0.4 is 4.74 Å². The van der Waals surface area contributed by atoms with Crippen molar-refractivity contribution in [3.05, 3.63) is 24.7 Å². The Balaban J connectivity index is 1.83. The molecule has 0 atom stereocenters. The van der Waals surface area contributed by atoms with Crippen LogP contribution in [0.1, 0.15) is 0 Å². The maximum atomic E-state index is 5.67. The molecule has 0 aliphatic heterocycles. The maximum absolute atomic E-state index is 5.67. The van der Waals surface area contributed by atoms with E-state index < -0.39 is 8.07 Å². The predicted molar refractivity (Wildman–Crippen MR) is 90.2 cm³/mol. The lowest BCUT2D eigenvalue weighted by Crippen LogP contribution is -2.22. The normalized spacial score (nSPS) is 11.6. The smallest absolute Gasteiger partial charge is 0.223 e. The molecule has 0 amide bonds. The topological polar surface area (TPSA) is 62.1 Å². The molecule has 2 heterocycles. The van der Waals surface area contributed by atoms with Crippen LogP contribution >= 0.6 is 11.8 Å². The summed E-state index contributed by atoms with van der Waals surface area (Å²) in [6, 6.07) is 2.87. The third-order valence-corrected chi connectivity index (χ3v) is 5.11. The van der Waals surface area contributed by atoms with Crippen LogP contribution in [0.25, 0.3) is 0 Å². The Kier molecular flexibility index (Phi) is 5.98. The van der Waals surface area contributed by atoms with Crippen LogP contribution in [0, 0.1) is 0 Å². The number of aromatic nitrogens is 4. The summed E-state index contributed by atoms with van der Waals surface area (Å²) < 4.78 is 13.0. The Morgan fingerprint density at radius 2 is 2.14 bits per heavy atom. The van der Waals surface area contributed by atoms with E-state index in [1.165, 1.54) is 11.8 Å². The van der Waals surface area contributed by atoms with E-state index in [2.05, 4.69) is 34.7 Å². The number of rotatable bonds is 8. The van der Waals surface area contributed by atoms with Crippen molar-refractivity contribution < 1.29 is 9.47 Å². The molecule has 0 aromatic carbocycles. The predicted octanol–water partition coefficient (Wildman–Crippen LogP) is 3.50. The second kappa shape index (κ2) is 7.75. The molecular formula is C14H22N4O2SSi. The van der Waals surface area contributed by atoms with Crippen molar-refractivity contribution in [1.29, 1.82) is 0 Å². The van der Waals surface area contributed by atoms with Crippen molar-refractivity contribution in [2.24, 2.45) is 0 Å². The number of thioether (sulfide) groups is 1.